The molecule has 36 heavy (non-hydrogen) atoms. The number of rotatable bonds is 6. The van der Waals surface area contributed by atoms with E-state index < -0.39 is 0 Å². The molecule has 0 saturated carbocycles. The van der Waals surface area contributed by atoms with Gasteiger partial charge >= 0.3 is 0 Å². The van der Waals surface area contributed by atoms with E-state index in [1.54, 1.807) is 23.4 Å². The highest BCUT2D eigenvalue weighted by atomic mass is 32.2. The zero-order chi connectivity index (χ0) is 24.5. The smallest absolute Gasteiger partial charge is 0.283 e. The molecular formula is C30H23N3O2S. The number of para-hydroxylation sites is 1. The van der Waals surface area contributed by atoms with Gasteiger partial charge in [0.1, 0.15) is 16.8 Å². The largest absolute Gasteiger partial charge is 0.497 e. The molecule has 0 aliphatic heterocycles. The van der Waals surface area contributed by atoms with Crippen molar-refractivity contribution >= 4 is 33.7 Å². The quantitative estimate of drug-likeness (QED) is 0.207. The molecule has 6 aromatic rings. The number of aromatic nitrogens is 3. The summed E-state index contributed by atoms with van der Waals surface area (Å²) in [5.41, 5.74) is 4.95. The summed E-state index contributed by atoms with van der Waals surface area (Å²) in [7, 11) is 1.63. The number of nitrogens with zero attached hydrogens (tertiary/aromatic N) is 2. The van der Waals surface area contributed by atoms with Gasteiger partial charge in [0, 0.05) is 10.9 Å². The molecule has 2 aromatic heterocycles. The van der Waals surface area contributed by atoms with E-state index in [0.29, 0.717) is 16.2 Å². The normalized spacial score (nSPS) is 11.4. The summed E-state index contributed by atoms with van der Waals surface area (Å²) < 4.78 is 7.04. The van der Waals surface area contributed by atoms with Crippen molar-refractivity contribution in [3.63, 3.8) is 0 Å². The van der Waals surface area contributed by atoms with Crippen molar-refractivity contribution in [2.45, 2.75) is 10.4 Å². The first kappa shape index (κ1) is 22.2. The van der Waals surface area contributed by atoms with Crippen molar-refractivity contribution in [1.29, 1.82) is 0 Å². The van der Waals surface area contributed by atoms with Gasteiger partial charge in [-0.1, -0.05) is 90.6 Å². The molecule has 176 valence electrons. The van der Waals surface area contributed by atoms with Gasteiger partial charge in [0.2, 0.25) is 0 Å². The maximum atomic E-state index is 14.0. The first-order valence-electron chi connectivity index (χ1n) is 11.7. The number of aromatic amines is 1. The molecule has 0 aliphatic rings. The van der Waals surface area contributed by atoms with Gasteiger partial charge in [-0.2, -0.15) is 0 Å². The Balaban J connectivity index is 1.60. The van der Waals surface area contributed by atoms with E-state index in [1.165, 1.54) is 0 Å². The van der Waals surface area contributed by atoms with Gasteiger partial charge < -0.3 is 9.72 Å². The first-order chi connectivity index (χ1) is 17.7. The van der Waals surface area contributed by atoms with Crippen LogP contribution in [-0.2, 0) is 0 Å². The zero-order valence-electron chi connectivity index (χ0n) is 19.6. The lowest BCUT2D eigenvalue weighted by Gasteiger charge is -2.20. The third kappa shape index (κ3) is 3.95. The van der Waals surface area contributed by atoms with Gasteiger partial charge in [-0.05, 0) is 41.5 Å². The number of nitrogens with one attached hydrogen (secondary N) is 1. The van der Waals surface area contributed by atoms with E-state index in [2.05, 4.69) is 29.2 Å². The van der Waals surface area contributed by atoms with Gasteiger partial charge in [0.05, 0.1) is 18.0 Å². The lowest BCUT2D eigenvalue weighted by molar-refractivity contribution is 0.414. The van der Waals surface area contributed by atoms with Gasteiger partial charge in [-0.3, -0.25) is 9.36 Å². The molecule has 5 nitrogen and oxygen atoms in total. The Bertz CT molecular complexity index is 1670. The SMILES string of the molecule is COc1ccc(-n2c(SC(c3ccccc3)c3ccccc3)nc3c([nH]c4ccccc43)c2=O)cc1. The molecule has 6 heteroatoms. The lowest BCUT2D eigenvalue weighted by Crippen LogP contribution is -2.22. The molecule has 4 aromatic carbocycles. The average molecular weight is 490 g/mol. The summed E-state index contributed by atoms with van der Waals surface area (Å²) in [5, 5.41) is 1.51. The summed E-state index contributed by atoms with van der Waals surface area (Å²) in [5.74, 6) is 0.729. The second kappa shape index (κ2) is 9.40. The number of thioether (sulfide) groups is 1. The number of methoxy groups -OCH3 is 1. The van der Waals surface area contributed by atoms with Crippen molar-refractivity contribution in [2.24, 2.45) is 0 Å². The highest BCUT2D eigenvalue weighted by Gasteiger charge is 2.22. The minimum Gasteiger partial charge on any atom is -0.497 e. The van der Waals surface area contributed by atoms with Crippen LogP contribution in [0, 0.1) is 0 Å². The van der Waals surface area contributed by atoms with Crippen molar-refractivity contribution in [2.75, 3.05) is 7.11 Å². The Morgan fingerprint density at radius 3 is 2.06 bits per heavy atom. The summed E-state index contributed by atoms with van der Waals surface area (Å²) in [4.78, 5) is 22.4. The van der Waals surface area contributed by atoms with Crippen LogP contribution < -0.4 is 10.3 Å². The summed E-state index contributed by atoms with van der Waals surface area (Å²) in [6.45, 7) is 0. The fraction of sp³-hybridized carbons (Fsp3) is 0.0667. The van der Waals surface area contributed by atoms with Crippen LogP contribution in [0.2, 0.25) is 0 Å². The van der Waals surface area contributed by atoms with Gasteiger partial charge in [0.15, 0.2) is 5.16 Å². The minimum absolute atomic E-state index is 0.0496. The first-order valence-corrected chi connectivity index (χ1v) is 12.6. The molecular weight excluding hydrogens is 466 g/mol. The zero-order valence-corrected chi connectivity index (χ0v) is 20.4. The van der Waals surface area contributed by atoms with Crippen LogP contribution >= 0.6 is 11.8 Å². The molecule has 0 saturated heterocycles. The summed E-state index contributed by atoms with van der Waals surface area (Å²) in [6.07, 6.45) is 0. The van der Waals surface area contributed by atoms with Gasteiger partial charge in [-0.15, -0.1) is 0 Å². The second-order valence-corrected chi connectivity index (χ2v) is 9.52. The second-order valence-electron chi connectivity index (χ2n) is 8.45. The van der Waals surface area contributed by atoms with E-state index in [4.69, 9.17) is 9.72 Å². The van der Waals surface area contributed by atoms with Crippen LogP contribution in [0.1, 0.15) is 16.4 Å². The van der Waals surface area contributed by atoms with Crippen LogP contribution in [0.3, 0.4) is 0 Å². The van der Waals surface area contributed by atoms with Crippen molar-refractivity contribution in [3.05, 3.63) is 131 Å². The van der Waals surface area contributed by atoms with E-state index >= 15 is 0 Å². The van der Waals surface area contributed by atoms with Gasteiger partial charge in [-0.25, -0.2) is 4.98 Å². The minimum atomic E-state index is -0.135. The number of hydrogen-bond acceptors (Lipinski definition) is 4. The fourth-order valence-electron chi connectivity index (χ4n) is 4.47. The van der Waals surface area contributed by atoms with Crippen molar-refractivity contribution < 1.29 is 4.74 Å². The third-order valence-corrected chi connectivity index (χ3v) is 7.52. The Labute approximate surface area is 212 Å². The molecule has 0 fully saturated rings. The molecule has 0 spiro atoms. The fourth-order valence-corrected chi connectivity index (χ4v) is 5.70. The van der Waals surface area contributed by atoms with E-state index in [9.17, 15) is 4.79 Å². The van der Waals surface area contributed by atoms with Crippen LogP contribution in [0.15, 0.2) is 119 Å². The number of benzene rings is 4. The number of fused-ring (bicyclic) bond motifs is 3. The average Bonchev–Trinajstić information content (AvgIpc) is 3.32. The third-order valence-electron chi connectivity index (χ3n) is 6.25. The van der Waals surface area contributed by atoms with Crippen LogP contribution in [-0.4, -0.2) is 21.6 Å². The number of ether oxygens (including phenoxy) is 1. The number of H-pyrrole nitrogens is 1. The van der Waals surface area contributed by atoms with E-state index in [0.717, 1.165) is 33.5 Å². The highest BCUT2D eigenvalue weighted by Crippen LogP contribution is 2.40. The lowest BCUT2D eigenvalue weighted by atomic mass is 10.0. The standard InChI is InChI=1S/C30H23N3O2S/c1-35-23-18-16-22(17-19-23)33-29(34)27-26(24-14-8-9-15-25(24)31-27)32-30(33)36-28(20-10-4-2-5-11-20)21-12-6-3-7-13-21/h2-19,28,31H,1H3. The van der Waals surface area contributed by atoms with Crippen molar-refractivity contribution in [3.8, 4) is 11.4 Å². The summed E-state index contributed by atoms with van der Waals surface area (Å²) >= 11 is 1.57. The molecule has 1 N–H and O–H groups in total. The molecule has 0 aliphatic carbocycles. The number of hydrogen-bond donors (Lipinski definition) is 1. The van der Waals surface area contributed by atoms with Gasteiger partial charge in [0.25, 0.3) is 5.56 Å². The van der Waals surface area contributed by atoms with Crippen LogP contribution in [0.5, 0.6) is 5.75 Å². The summed E-state index contributed by atoms with van der Waals surface area (Å²) in [6, 6.07) is 36.0. The van der Waals surface area contributed by atoms with E-state index in [-0.39, 0.29) is 10.8 Å². The molecule has 0 unspecified atom stereocenters. The molecule has 6 rings (SSSR count). The Morgan fingerprint density at radius 1 is 0.806 bits per heavy atom. The Hall–Kier alpha value is -4.29. The molecule has 0 amide bonds. The molecule has 0 bridgehead atoms. The highest BCUT2D eigenvalue weighted by molar-refractivity contribution is 7.99. The maximum absolute atomic E-state index is 14.0. The molecule has 2 heterocycles. The van der Waals surface area contributed by atoms with Crippen molar-refractivity contribution in [1.82, 2.24) is 14.5 Å². The van der Waals surface area contributed by atoms with E-state index in [1.807, 2.05) is 84.9 Å². The van der Waals surface area contributed by atoms with Crippen LogP contribution in [0.4, 0.5) is 0 Å². The molecule has 0 atom stereocenters. The molecule has 0 radical (unpaired) electrons. The topological polar surface area (TPSA) is 59.9 Å². The Morgan fingerprint density at radius 2 is 1.42 bits per heavy atom. The van der Waals surface area contributed by atoms with Crippen LogP contribution in [0.25, 0.3) is 27.6 Å². The predicted octanol–water partition coefficient (Wildman–Crippen LogP) is 6.76. The Kier molecular flexibility index (Phi) is 5.79. The maximum Gasteiger partial charge on any atom is 0.283 e. The monoisotopic (exact) mass is 489 g/mol. The predicted molar refractivity (Wildman–Crippen MR) is 146 cm³/mol.